The normalized spacial score (nSPS) is 19.9. The SMILES string of the molecule is CC1CCC(NC(=O)COC(=O)c2ccc3c(c2N)C(=O)c2ccccc2C3=O)CC1. The number of nitrogens with one attached hydrogen (secondary N) is 1. The van der Waals surface area contributed by atoms with Crippen LogP contribution >= 0.6 is 0 Å². The number of carbonyl (C=O) groups excluding carboxylic acids is 4. The van der Waals surface area contributed by atoms with Crippen LogP contribution in [0, 0.1) is 5.92 Å². The minimum Gasteiger partial charge on any atom is -0.452 e. The van der Waals surface area contributed by atoms with Gasteiger partial charge in [0.1, 0.15) is 0 Å². The lowest BCUT2D eigenvalue weighted by Crippen LogP contribution is -2.39. The van der Waals surface area contributed by atoms with Gasteiger partial charge in [0.15, 0.2) is 18.2 Å². The molecule has 160 valence electrons. The zero-order valence-electron chi connectivity index (χ0n) is 17.3. The van der Waals surface area contributed by atoms with E-state index in [-0.39, 0.29) is 45.7 Å². The Morgan fingerprint density at radius 1 is 0.968 bits per heavy atom. The van der Waals surface area contributed by atoms with Gasteiger partial charge in [-0.3, -0.25) is 14.4 Å². The van der Waals surface area contributed by atoms with Crippen LogP contribution in [0.5, 0.6) is 0 Å². The Hall–Kier alpha value is -3.48. The second kappa shape index (κ2) is 8.34. The molecule has 0 atom stereocenters. The number of hydrogen-bond donors (Lipinski definition) is 2. The maximum atomic E-state index is 12.9. The molecule has 31 heavy (non-hydrogen) atoms. The predicted molar refractivity (Wildman–Crippen MR) is 114 cm³/mol. The molecule has 0 bridgehead atoms. The van der Waals surface area contributed by atoms with Crippen LogP contribution in [-0.2, 0) is 9.53 Å². The molecule has 2 aromatic rings. The van der Waals surface area contributed by atoms with E-state index in [1.54, 1.807) is 24.3 Å². The molecule has 4 rings (SSSR count). The van der Waals surface area contributed by atoms with Crippen LogP contribution in [0.4, 0.5) is 5.69 Å². The molecular formula is C24H24N2O5. The van der Waals surface area contributed by atoms with Gasteiger partial charge >= 0.3 is 5.97 Å². The van der Waals surface area contributed by atoms with Crippen molar-refractivity contribution in [2.75, 3.05) is 12.3 Å². The zero-order chi connectivity index (χ0) is 22.1. The summed E-state index contributed by atoms with van der Waals surface area (Å²) >= 11 is 0. The number of hydrogen-bond acceptors (Lipinski definition) is 6. The molecule has 2 aromatic carbocycles. The number of esters is 1. The highest BCUT2D eigenvalue weighted by Gasteiger charge is 2.33. The van der Waals surface area contributed by atoms with Crippen LogP contribution in [-0.4, -0.2) is 36.1 Å². The van der Waals surface area contributed by atoms with Crippen molar-refractivity contribution in [1.29, 1.82) is 0 Å². The third-order valence-corrected chi connectivity index (χ3v) is 6.07. The van der Waals surface area contributed by atoms with Gasteiger partial charge in [0, 0.05) is 22.7 Å². The van der Waals surface area contributed by atoms with E-state index in [2.05, 4.69) is 12.2 Å². The number of benzene rings is 2. The molecule has 1 fully saturated rings. The van der Waals surface area contributed by atoms with Crippen LogP contribution in [0.1, 0.15) is 74.8 Å². The van der Waals surface area contributed by atoms with Crippen molar-refractivity contribution < 1.29 is 23.9 Å². The predicted octanol–water partition coefficient (Wildman–Crippen LogP) is 2.90. The Balaban J connectivity index is 1.47. The van der Waals surface area contributed by atoms with E-state index in [9.17, 15) is 19.2 Å². The minimum absolute atomic E-state index is 0.000994. The lowest BCUT2D eigenvalue weighted by Gasteiger charge is -2.26. The number of carbonyl (C=O) groups is 4. The minimum atomic E-state index is -0.813. The van der Waals surface area contributed by atoms with Gasteiger partial charge in [-0.25, -0.2) is 4.79 Å². The van der Waals surface area contributed by atoms with E-state index in [1.807, 2.05) is 0 Å². The lowest BCUT2D eigenvalue weighted by molar-refractivity contribution is -0.125. The quantitative estimate of drug-likeness (QED) is 0.495. The Labute approximate surface area is 180 Å². The van der Waals surface area contributed by atoms with Gasteiger partial charge in [-0.05, 0) is 43.7 Å². The van der Waals surface area contributed by atoms with Crippen LogP contribution in [0.3, 0.4) is 0 Å². The fourth-order valence-electron chi connectivity index (χ4n) is 4.27. The van der Waals surface area contributed by atoms with E-state index in [4.69, 9.17) is 10.5 Å². The maximum absolute atomic E-state index is 12.9. The van der Waals surface area contributed by atoms with E-state index >= 15 is 0 Å². The molecule has 0 unspecified atom stereocenters. The summed E-state index contributed by atoms with van der Waals surface area (Å²) in [5.41, 5.74) is 6.66. The molecule has 2 aliphatic carbocycles. The number of ketones is 2. The second-order valence-corrected chi connectivity index (χ2v) is 8.25. The van der Waals surface area contributed by atoms with E-state index in [1.165, 1.54) is 12.1 Å². The van der Waals surface area contributed by atoms with Crippen molar-refractivity contribution in [2.45, 2.75) is 38.6 Å². The number of nitrogen functional groups attached to an aromatic ring is 1. The van der Waals surface area contributed by atoms with Crippen LogP contribution < -0.4 is 11.1 Å². The summed E-state index contributed by atoms with van der Waals surface area (Å²) < 4.78 is 5.13. The van der Waals surface area contributed by atoms with Crippen molar-refractivity contribution in [1.82, 2.24) is 5.32 Å². The molecule has 7 heteroatoms. The average molecular weight is 420 g/mol. The molecule has 1 saturated carbocycles. The zero-order valence-corrected chi connectivity index (χ0v) is 17.3. The van der Waals surface area contributed by atoms with Crippen molar-refractivity contribution >= 4 is 29.1 Å². The number of nitrogens with two attached hydrogens (primary N) is 1. The summed E-state index contributed by atoms with van der Waals surface area (Å²) in [4.78, 5) is 50.4. The number of rotatable bonds is 4. The second-order valence-electron chi connectivity index (χ2n) is 8.25. The van der Waals surface area contributed by atoms with Gasteiger partial charge in [-0.2, -0.15) is 0 Å². The molecule has 0 heterocycles. The molecule has 0 radical (unpaired) electrons. The lowest BCUT2D eigenvalue weighted by atomic mass is 9.82. The standard InChI is InChI=1S/C24H24N2O5/c1-13-6-8-14(9-7-13)26-19(27)12-31-24(30)18-11-10-17-20(21(18)25)23(29)16-5-3-2-4-15(16)22(17)28/h2-5,10-11,13-14H,6-9,12,25H2,1H3,(H,26,27). The molecule has 0 spiro atoms. The van der Waals surface area contributed by atoms with E-state index < -0.39 is 18.4 Å². The summed E-state index contributed by atoms with van der Waals surface area (Å²) in [6.45, 7) is 1.76. The van der Waals surface area contributed by atoms with Crippen molar-refractivity contribution in [3.8, 4) is 0 Å². The first-order chi connectivity index (χ1) is 14.9. The summed E-state index contributed by atoms with van der Waals surface area (Å²) in [6, 6.07) is 9.34. The van der Waals surface area contributed by atoms with Crippen molar-refractivity contribution in [2.24, 2.45) is 5.92 Å². The molecule has 0 saturated heterocycles. The number of amides is 1. The van der Waals surface area contributed by atoms with Crippen molar-refractivity contribution in [3.05, 3.63) is 64.2 Å². The molecule has 3 N–H and O–H groups in total. The summed E-state index contributed by atoms with van der Waals surface area (Å²) in [7, 11) is 0. The monoisotopic (exact) mass is 420 g/mol. The Morgan fingerprint density at radius 2 is 1.61 bits per heavy atom. The van der Waals surface area contributed by atoms with Crippen LogP contribution in [0.25, 0.3) is 0 Å². The fraction of sp³-hybridized carbons (Fsp3) is 0.333. The summed E-state index contributed by atoms with van der Waals surface area (Å²) in [5, 5.41) is 2.89. The first kappa shape index (κ1) is 20.8. The van der Waals surface area contributed by atoms with Crippen LogP contribution in [0.2, 0.25) is 0 Å². The van der Waals surface area contributed by atoms with Crippen molar-refractivity contribution in [3.63, 3.8) is 0 Å². The first-order valence-electron chi connectivity index (χ1n) is 10.4. The highest BCUT2D eigenvalue weighted by molar-refractivity contribution is 6.30. The summed E-state index contributed by atoms with van der Waals surface area (Å²) in [5.74, 6) is -1.25. The highest BCUT2D eigenvalue weighted by Crippen LogP contribution is 2.33. The Kier molecular flexibility index (Phi) is 5.59. The fourth-order valence-corrected chi connectivity index (χ4v) is 4.27. The molecule has 2 aliphatic rings. The van der Waals surface area contributed by atoms with Gasteiger partial charge in [0.25, 0.3) is 5.91 Å². The summed E-state index contributed by atoms with van der Waals surface area (Å²) in [6.07, 6.45) is 3.95. The third kappa shape index (κ3) is 3.95. The highest BCUT2D eigenvalue weighted by atomic mass is 16.5. The van der Waals surface area contributed by atoms with Gasteiger partial charge < -0.3 is 15.8 Å². The van der Waals surface area contributed by atoms with Gasteiger partial charge in [0.05, 0.1) is 16.8 Å². The number of ether oxygens (including phenoxy) is 1. The van der Waals surface area contributed by atoms with Crippen LogP contribution in [0.15, 0.2) is 36.4 Å². The van der Waals surface area contributed by atoms with E-state index in [0.717, 1.165) is 25.7 Å². The topological polar surface area (TPSA) is 116 Å². The number of anilines is 1. The van der Waals surface area contributed by atoms with Gasteiger partial charge in [0.2, 0.25) is 0 Å². The number of fused-ring (bicyclic) bond motifs is 2. The first-order valence-corrected chi connectivity index (χ1v) is 10.4. The molecule has 7 nitrogen and oxygen atoms in total. The Morgan fingerprint density at radius 3 is 2.29 bits per heavy atom. The van der Waals surface area contributed by atoms with Gasteiger partial charge in [-0.1, -0.05) is 31.2 Å². The third-order valence-electron chi connectivity index (χ3n) is 6.07. The van der Waals surface area contributed by atoms with Gasteiger partial charge in [-0.15, -0.1) is 0 Å². The molecule has 0 aromatic heterocycles. The smallest absolute Gasteiger partial charge is 0.340 e. The average Bonchev–Trinajstić information content (AvgIpc) is 2.77. The molecule has 0 aliphatic heterocycles. The largest absolute Gasteiger partial charge is 0.452 e. The molecule has 1 amide bonds. The Bertz CT molecular complexity index is 1080. The van der Waals surface area contributed by atoms with E-state index in [0.29, 0.717) is 11.5 Å². The maximum Gasteiger partial charge on any atom is 0.340 e. The molecular weight excluding hydrogens is 396 g/mol.